The summed E-state index contributed by atoms with van der Waals surface area (Å²) < 4.78 is 24.1. The van der Waals surface area contributed by atoms with E-state index in [0.717, 1.165) is 12.8 Å². The summed E-state index contributed by atoms with van der Waals surface area (Å²) in [6.45, 7) is 3.48. The minimum atomic E-state index is -0.379. The molecule has 1 aliphatic heterocycles. The van der Waals surface area contributed by atoms with Crippen LogP contribution in [0.1, 0.15) is 25.7 Å². The molecule has 1 amide bonds. The Balaban J connectivity index is 1.64. The highest BCUT2D eigenvalue weighted by Crippen LogP contribution is 2.23. The summed E-state index contributed by atoms with van der Waals surface area (Å²) in [6.07, 6.45) is 2.18. The van der Waals surface area contributed by atoms with Gasteiger partial charge < -0.3 is 14.2 Å². The van der Waals surface area contributed by atoms with Gasteiger partial charge in [-0.1, -0.05) is 17.3 Å². The number of piperidine rings is 1. The molecule has 1 fully saturated rings. The van der Waals surface area contributed by atoms with Crippen LogP contribution in [0.25, 0.3) is 11.4 Å². The molecule has 0 spiro atoms. The highest BCUT2D eigenvalue weighted by Gasteiger charge is 2.26. The average molecular weight is 333 g/mol. The van der Waals surface area contributed by atoms with Gasteiger partial charge in [-0.3, -0.25) is 0 Å². The Bertz CT molecular complexity index is 704. The quantitative estimate of drug-likeness (QED) is 0.859. The van der Waals surface area contributed by atoms with Crippen LogP contribution in [0.2, 0.25) is 0 Å². The normalized spacial score (nSPS) is 17.8. The fourth-order valence-corrected chi connectivity index (χ4v) is 2.95. The maximum absolute atomic E-state index is 13.8. The Hall–Kier alpha value is -2.44. The highest BCUT2D eigenvalue weighted by molar-refractivity contribution is 5.67. The molecule has 1 aromatic heterocycles. The number of hydrogen-bond acceptors (Lipinski definition) is 5. The van der Waals surface area contributed by atoms with Gasteiger partial charge >= 0.3 is 6.09 Å². The number of aromatic nitrogens is 2. The van der Waals surface area contributed by atoms with Gasteiger partial charge in [0.05, 0.1) is 12.2 Å². The summed E-state index contributed by atoms with van der Waals surface area (Å²) >= 11 is 0. The summed E-state index contributed by atoms with van der Waals surface area (Å²) in [7, 11) is 0. The summed E-state index contributed by atoms with van der Waals surface area (Å²) in [5, 5.41) is 3.86. The van der Waals surface area contributed by atoms with Crippen LogP contribution in [-0.2, 0) is 11.2 Å². The van der Waals surface area contributed by atoms with Crippen LogP contribution in [0.5, 0.6) is 0 Å². The molecule has 1 aromatic carbocycles. The van der Waals surface area contributed by atoms with Gasteiger partial charge in [0.2, 0.25) is 11.7 Å². The predicted octanol–water partition coefficient (Wildman–Crippen LogP) is 3.29. The molecular weight excluding hydrogens is 313 g/mol. The Morgan fingerprint density at radius 3 is 3.08 bits per heavy atom. The van der Waals surface area contributed by atoms with Crippen molar-refractivity contribution in [1.82, 2.24) is 15.0 Å². The standard InChI is InChI=1S/C17H20FN3O3/c1-2-23-17(22)21-9-5-6-12(11-21)10-15-19-16(20-24-15)13-7-3-4-8-14(13)18/h3-4,7-8,12H,2,5-6,9-11H2,1H3/t12-/m1/s1. The zero-order valence-corrected chi connectivity index (χ0v) is 13.6. The van der Waals surface area contributed by atoms with Gasteiger partial charge in [-0.15, -0.1) is 0 Å². The number of nitrogens with zero attached hydrogens (tertiary/aromatic N) is 3. The number of amides is 1. The van der Waals surface area contributed by atoms with Crippen LogP contribution in [0.15, 0.2) is 28.8 Å². The third kappa shape index (κ3) is 3.72. The minimum absolute atomic E-state index is 0.233. The molecule has 1 atom stereocenters. The second-order valence-corrected chi connectivity index (χ2v) is 5.85. The minimum Gasteiger partial charge on any atom is -0.450 e. The largest absolute Gasteiger partial charge is 0.450 e. The first-order valence-electron chi connectivity index (χ1n) is 8.16. The molecule has 2 heterocycles. The van der Waals surface area contributed by atoms with Crippen molar-refractivity contribution in [2.45, 2.75) is 26.2 Å². The van der Waals surface area contributed by atoms with E-state index in [1.165, 1.54) is 6.07 Å². The molecule has 7 heteroatoms. The van der Waals surface area contributed by atoms with Crippen LogP contribution in [-0.4, -0.2) is 40.8 Å². The van der Waals surface area contributed by atoms with Crippen molar-refractivity contribution in [3.63, 3.8) is 0 Å². The number of ether oxygens (including phenoxy) is 1. The molecule has 1 saturated heterocycles. The first-order chi connectivity index (χ1) is 11.7. The van der Waals surface area contributed by atoms with E-state index in [2.05, 4.69) is 10.1 Å². The van der Waals surface area contributed by atoms with Gasteiger partial charge in [0.15, 0.2) is 0 Å². The van der Waals surface area contributed by atoms with Crippen LogP contribution >= 0.6 is 0 Å². The van der Waals surface area contributed by atoms with E-state index in [1.807, 2.05) is 0 Å². The van der Waals surface area contributed by atoms with E-state index in [0.29, 0.717) is 37.6 Å². The Labute approximate surface area is 139 Å². The molecule has 0 aliphatic carbocycles. The van der Waals surface area contributed by atoms with Gasteiger partial charge in [-0.2, -0.15) is 4.98 Å². The van der Waals surface area contributed by atoms with E-state index < -0.39 is 0 Å². The summed E-state index contributed by atoms with van der Waals surface area (Å²) in [5.41, 5.74) is 0.323. The molecule has 128 valence electrons. The summed E-state index contributed by atoms with van der Waals surface area (Å²) in [5.74, 6) is 0.568. The molecule has 3 rings (SSSR count). The maximum Gasteiger partial charge on any atom is 0.409 e. The molecular formula is C17H20FN3O3. The Morgan fingerprint density at radius 1 is 1.46 bits per heavy atom. The molecule has 1 aliphatic rings. The van der Waals surface area contributed by atoms with Crippen molar-refractivity contribution >= 4 is 6.09 Å². The number of hydrogen-bond donors (Lipinski definition) is 0. The number of benzene rings is 1. The van der Waals surface area contributed by atoms with Crippen molar-refractivity contribution in [2.75, 3.05) is 19.7 Å². The predicted molar refractivity (Wildman–Crippen MR) is 84.7 cm³/mol. The van der Waals surface area contributed by atoms with Gasteiger partial charge in [-0.25, -0.2) is 9.18 Å². The van der Waals surface area contributed by atoms with E-state index in [-0.39, 0.29) is 23.7 Å². The van der Waals surface area contributed by atoms with Crippen LogP contribution in [0.3, 0.4) is 0 Å². The van der Waals surface area contributed by atoms with Crippen molar-refractivity contribution < 1.29 is 18.4 Å². The lowest BCUT2D eigenvalue weighted by molar-refractivity contribution is 0.0871. The average Bonchev–Trinajstić information content (AvgIpc) is 3.04. The Morgan fingerprint density at radius 2 is 2.29 bits per heavy atom. The monoisotopic (exact) mass is 333 g/mol. The van der Waals surface area contributed by atoms with Gasteiger partial charge in [0.25, 0.3) is 0 Å². The Kier molecular flexibility index (Phi) is 5.08. The lowest BCUT2D eigenvalue weighted by Gasteiger charge is -2.31. The molecule has 0 saturated carbocycles. The smallest absolute Gasteiger partial charge is 0.409 e. The second kappa shape index (κ2) is 7.42. The third-order valence-electron chi connectivity index (χ3n) is 4.09. The lowest BCUT2D eigenvalue weighted by atomic mass is 9.95. The zero-order valence-electron chi connectivity index (χ0n) is 13.6. The topological polar surface area (TPSA) is 68.5 Å². The number of carbonyl (C=O) groups excluding carboxylic acids is 1. The number of halogens is 1. The third-order valence-corrected chi connectivity index (χ3v) is 4.09. The van der Waals surface area contributed by atoms with E-state index in [9.17, 15) is 9.18 Å². The highest BCUT2D eigenvalue weighted by atomic mass is 19.1. The van der Waals surface area contributed by atoms with Crippen LogP contribution in [0.4, 0.5) is 9.18 Å². The zero-order chi connectivity index (χ0) is 16.9. The number of rotatable bonds is 4. The van der Waals surface area contributed by atoms with E-state index in [1.54, 1.807) is 30.0 Å². The molecule has 0 unspecified atom stereocenters. The molecule has 0 bridgehead atoms. The first-order valence-corrected chi connectivity index (χ1v) is 8.16. The van der Waals surface area contributed by atoms with E-state index in [4.69, 9.17) is 9.26 Å². The lowest BCUT2D eigenvalue weighted by Crippen LogP contribution is -2.40. The van der Waals surface area contributed by atoms with Crippen molar-refractivity contribution in [1.29, 1.82) is 0 Å². The number of likely N-dealkylation sites (tertiary alicyclic amines) is 1. The number of carbonyl (C=O) groups is 1. The van der Waals surface area contributed by atoms with Crippen molar-refractivity contribution in [3.8, 4) is 11.4 Å². The van der Waals surface area contributed by atoms with Gasteiger partial charge in [-0.05, 0) is 37.8 Å². The van der Waals surface area contributed by atoms with Gasteiger partial charge in [0, 0.05) is 19.5 Å². The molecule has 24 heavy (non-hydrogen) atoms. The molecule has 0 radical (unpaired) electrons. The van der Waals surface area contributed by atoms with Crippen LogP contribution in [0, 0.1) is 11.7 Å². The fraction of sp³-hybridized carbons (Fsp3) is 0.471. The van der Waals surface area contributed by atoms with E-state index >= 15 is 0 Å². The fourth-order valence-electron chi connectivity index (χ4n) is 2.95. The van der Waals surface area contributed by atoms with Crippen LogP contribution < -0.4 is 0 Å². The first kappa shape index (κ1) is 16.4. The maximum atomic E-state index is 13.8. The van der Waals surface area contributed by atoms with Crippen molar-refractivity contribution in [2.24, 2.45) is 5.92 Å². The summed E-state index contributed by atoms with van der Waals surface area (Å²) in [6, 6.07) is 6.33. The second-order valence-electron chi connectivity index (χ2n) is 5.85. The molecule has 2 aromatic rings. The SMILES string of the molecule is CCOC(=O)N1CCC[C@H](Cc2nc(-c3ccccc3F)no2)C1. The van der Waals surface area contributed by atoms with Gasteiger partial charge in [0.1, 0.15) is 5.82 Å². The molecule has 6 nitrogen and oxygen atoms in total. The van der Waals surface area contributed by atoms with Crippen molar-refractivity contribution in [3.05, 3.63) is 36.0 Å². The molecule has 0 N–H and O–H groups in total. The summed E-state index contributed by atoms with van der Waals surface area (Å²) in [4.78, 5) is 17.8.